The topological polar surface area (TPSA) is 89.5 Å². The van der Waals surface area contributed by atoms with Crippen molar-refractivity contribution < 1.29 is 9.72 Å². The number of benzene rings is 1. The van der Waals surface area contributed by atoms with Crippen molar-refractivity contribution in [2.45, 2.75) is 6.92 Å². The Bertz CT molecular complexity index is 942. The lowest BCUT2D eigenvalue weighted by Crippen LogP contribution is -2.10. The Morgan fingerprint density at radius 2 is 2.00 bits per heavy atom. The summed E-state index contributed by atoms with van der Waals surface area (Å²) in [6.07, 6.45) is 6.51. The second kappa shape index (κ2) is 6.33. The summed E-state index contributed by atoms with van der Waals surface area (Å²) in [6, 6.07) is 9.59. The molecule has 7 heteroatoms. The molecule has 7 nitrogen and oxygen atoms in total. The number of nitrogens with one attached hydrogen (secondary N) is 1. The Hall–Kier alpha value is -3.48. The zero-order chi connectivity index (χ0) is 17.1. The molecule has 0 bridgehead atoms. The van der Waals surface area contributed by atoms with E-state index in [2.05, 4.69) is 10.3 Å². The van der Waals surface area contributed by atoms with E-state index in [1.54, 1.807) is 30.5 Å². The average molecular weight is 322 g/mol. The number of fused-ring (bicyclic) bond motifs is 1. The first-order valence-corrected chi connectivity index (χ1v) is 7.21. The molecule has 2 heterocycles. The van der Waals surface area contributed by atoms with E-state index in [-0.39, 0.29) is 11.6 Å². The molecule has 0 saturated heterocycles. The van der Waals surface area contributed by atoms with E-state index in [0.717, 1.165) is 11.3 Å². The largest absolute Gasteiger partial charge is 0.321 e. The van der Waals surface area contributed by atoms with Gasteiger partial charge in [-0.05, 0) is 42.8 Å². The summed E-state index contributed by atoms with van der Waals surface area (Å²) in [5.74, 6) is -0.282. The number of carbonyl (C=O) groups is 1. The first-order chi connectivity index (χ1) is 11.5. The third kappa shape index (κ3) is 3.14. The Kier molecular flexibility index (Phi) is 4.07. The number of amides is 1. The highest BCUT2D eigenvalue weighted by molar-refractivity contribution is 6.02. The van der Waals surface area contributed by atoms with Crippen LogP contribution in [-0.4, -0.2) is 20.2 Å². The van der Waals surface area contributed by atoms with Gasteiger partial charge in [0.2, 0.25) is 5.91 Å². The lowest BCUT2D eigenvalue weighted by Gasteiger charge is -2.08. The van der Waals surface area contributed by atoms with E-state index in [1.165, 1.54) is 18.2 Å². The lowest BCUT2D eigenvalue weighted by atomic mass is 10.2. The van der Waals surface area contributed by atoms with Gasteiger partial charge in [-0.3, -0.25) is 14.9 Å². The van der Waals surface area contributed by atoms with E-state index in [0.29, 0.717) is 11.3 Å². The maximum atomic E-state index is 12.1. The molecule has 1 amide bonds. The number of imidazole rings is 1. The van der Waals surface area contributed by atoms with Gasteiger partial charge in [0, 0.05) is 36.3 Å². The Morgan fingerprint density at radius 1 is 1.25 bits per heavy atom. The number of pyridine rings is 1. The van der Waals surface area contributed by atoms with Crippen molar-refractivity contribution in [3.63, 3.8) is 0 Å². The first-order valence-electron chi connectivity index (χ1n) is 7.21. The minimum atomic E-state index is -0.463. The van der Waals surface area contributed by atoms with Gasteiger partial charge in [-0.25, -0.2) is 4.98 Å². The van der Waals surface area contributed by atoms with Crippen LogP contribution in [0, 0.1) is 17.0 Å². The molecule has 3 rings (SSSR count). The van der Waals surface area contributed by atoms with Gasteiger partial charge in [0.05, 0.1) is 10.6 Å². The molecule has 0 aliphatic rings. The van der Waals surface area contributed by atoms with Crippen molar-refractivity contribution >= 4 is 29.0 Å². The van der Waals surface area contributed by atoms with E-state index in [9.17, 15) is 14.9 Å². The number of aromatic nitrogens is 2. The molecule has 120 valence electrons. The number of aryl methyl sites for hydroxylation is 1. The molecule has 0 atom stereocenters. The van der Waals surface area contributed by atoms with Gasteiger partial charge in [0.25, 0.3) is 5.69 Å². The second-order valence-electron chi connectivity index (χ2n) is 5.16. The summed E-state index contributed by atoms with van der Waals surface area (Å²) in [7, 11) is 0. The molecule has 1 N–H and O–H groups in total. The molecule has 0 aliphatic heterocycles. The zero-order valence-corrected chi connectivity index (χ0v) is 12.8. The van der Waals surface area contributed by atoms with E-state index < -0.39 is 4.92 Å². The summed E-state index contributed by atoms with van der Waals surface area (Å²) < 4.78 is 1.88. The van der Waals surface area contributed by atoms with Crippen LogP contribution in [0.25, 0.3) is 11.7 Å². The van der Waals surface area contributed by atoms with Crippen LogP contribution in [0.3, 0.4) is 0 Å². The number of nitro groups is 1. The summed E-state index contributed by atoms with van der Waals surface area (Å²) in [5.41, 5.74) is 3.10. The Morgan fingerprint density at radius 3 is 2.71 bits per heavy atom. The monoisotopic (exact) mass is 322 g/mol. The fraction of sp³-hybridized carbons (Fsp3) is 0.0588. The van der Waals surface area contributed by atoms with Gasteiger partial charge in [-0.2, -0.15) is 0 Å². The van der Waals surface area contributed by atoms with Crippen LogP contribution in [0.5, 0.6) is 0 Å². The molecular formula is C17H14N4O3. The average Bonchev–Trinajstić information content (AvgIpc) is 3.05. The Labute approximate surface area is 137 Å². The van der Waals surface area contributed by atoms with E-state index >= 15 is 0 Å². The molecule has 0 unspecified atom stereocenters. The predicted molar refractivity (Wildman–Crippen MR) is 90.7 cm³/mol. The summed E-state index contributed by atoms with van der Waals surface area (Å²) >= 11 is 0. The molecule has 2 aromatic heterocycles. The molecular weight excluding hydrogens is 308 g/mol. The number of anilines is 1. The van der Waals surface area contributed by atoms with Crippen LogP contribution in [0.2, 0.25) is 0 Å². The minimum absolute atomic E-state index is 0.0147. The summed E-state index contributed by atoms with van der Waals surface area (Å²) in [4.78, 5) is 26.4. The number of rotatable bonds is 4. The summed E-state index contributed by atoms with van der Waals surface area (Å²) in [6.45, 7) is 1.89. The number of nitrogens with zero attached hydrogens (tertiary/aromatic N) is 3. The summed E-state index contributed by atoms with van der Waals surface area (Å²) in [5, 5.41) is 13.4. The van der Waals surface area contributed by atoms with Crippen molar-refractivity contribution in [3.05, 3.63) is 76.2 Å². The quantitative estimate of drug-likeness (QED) is 0.454. The fourth-order valence-electron chi connectivity index (χ4n) is 2.32. The fourth-order valence-corrected chi connectivity index (χ4v) is 2.32. The molecule has 0 fully saturated rings. The van der Waals surface area contributed by atoms with Crippen LogP contribution in [0.15, 0.2) is 54.9 Å². The maximum absolute atomic E-state index is 12.1. The Balaban J connectivity index is 1.72. The van der Waals surface area contributed by atoms with Crippen LogP contribution in [-0.2, 0) is 4.79 Å². The number of non-ortho nitro benzene ring substituents is 1. The predicted octanol–water partition coefficient (Wildman–Crippen LogP) is 3.20. The normalized spacial score (nSPS) is 11.0. The molecule has 0 aliphatic carbocycles. The lowest BCUT2D eigenvalue weighted by molar-refractivity contribution is -0.384. The number of carbonyl (C=O) groups excluding carboxylic acids is 1. The van der Waals surface area contributed by atoms with Crippen LogP contribution in [0.1, 0.15) is 11.3 Å². The van der Waals surface area contributed by atoms with Crippen LogP contribution in [0.4, 0.5) is 11.4 Å². The highest BCUT2D eigenvalue weighted by atomic mass is 16.6. The smallest absolute Gasteiger partial charge is 0.269 e. The molecule has 0 saturated carbocycles. The van der Waals surface area contributed by atoms with Gasteiger partial charge in [-0.15, -0.1) is 0 Å². The van der Waals surface area contributed by atoms with Crippen LogP contribution >= 0.6 is 0 Å². The second-order valence-corrected chi connectivity index (χ2v) is 5.16. The number of nitro benzene ring substituents is 1. The van der Waals surface area contributed by atoms with Crippen molar-refractivity contribution in [2.75, 3.05) is 5.32 Å². The van der Waals surface area contributed by atoms with Crippen molar-refractivity contribution in [2.24, 2.45) is 0 Å². The van der Waals surface area contributed by atoms with Crippen molar-refractivity contribution in [1.82, 2.24) is 9.38 Å². The van der Waals surface area contributed by atoms with E-state index in [1.807, 2.05) is 23.6 Å². The molecule has 3 aromatic rings. The van der Waals surface area contributed by atoms with Crippen molar-refractivity contribution in [1.29, 1.82) is 0 Å². The van der Waals surface area contributed by atoms with Gasteiger partial charge in [0.15, 0.2) is 0 Å². The van der Waals surface area contributed by atoms with Gasteiger partial charge in [0.1, 0.15) is 5.65 Å². The van der Waals surface area contributed by atoms with Crippen molar-refractivity contribution in [3.8, 4) is 0 Å². The minimum Gasteiger partial charge on any atom is -0.321 e. The molecule has 24 heavy (non-hydrogen) atoms. The third-order valence-electron chi connectivity index (χ3n) is 3.61. The molecule has 1 aromatic carbocycles. The van der Waals surface area contributed by atoms with Gasteiger partial charge < -0.3 is 9.72 Å². The van der Waals surface area contributed by atoms with Crippen LogP contribution < -0.4 is 5.32 Å². The van der Waals surface area contributed by atoms with Gasteiger partial charge >= 0.3 is 0 Å². The zero-order valence-electron chi connectivity index (χ0n) is 12.8. The number of hydrogen-bond acceptors (Lipinski definition) is 4. The van der Waals surface area contributed by atoms with E-state index in [4.69, 9.17) is 0 Å². The molecule has 0 radical (unpaired) electrons. The number of hydrogen-bond donors (Lipinski definition) is 1. The maximum Gasteiger partial charge on any atom is 0.269 e. The third-order valence-corrected chi connectivity index (χ3v) is 3.61. The van der Waals surface area contributed by atoms with Gasteiger partial charge in [-0.1, -0.05) is 0 Å². The SMILES string of the molecule is Cc1c(NC(=O)/C=C/c2ccc([N+](=O)[O-])cc2)ccc2nccn12. The highest BCUT2D eigenvalue weighted by Gasteiger charge is 2.06. The first kappa shape index (κ1) is 15.4. The standard InChI is InChI=1S/C17H14N4O3/c1-12-15(7-8-16-18-10-11-20(12)16)19-17(22)9-4-13-2-5-14(6-3-13)21(23)24/h2-11H,1H3,(H,19,22)/b9-4+. The molecule has 0 spiro atoms. The highest BCUT2D eigenvalue weighted by Crippen LogP contribution is 2.17.